The van der Waals surface area contributed by atoms with Crippen molar-refractivity contribution in [2.24, 2.45) is 9.98 Å². The molecule has 0 saturated carbocycles. The van der Waals surface area contributed by atoms with E-state index in [9.17, 15) is 0 Å². The third-order valence-corrected chi connectivity index (χ3v) is 7.29. The molecule has 4 atom stereocenters. The van der Waals surface area contributed by atoms with E-state index in [0.29, 0.717) is 23.2 Å². The summed E-state index contributed by atoms with van der Waals surface area (Å²) in [5.74, 6) is 1.03. The summed E-state index contributed by atoms with van der Waals surface area (Å²) in [6, 6.07) is 46.4. The van der Waals surface area contributed by atoms with Gasteiger partial charge in [-0.2, -0.15) is 0 Å². The van der Waals surface area contributed by atoms with Gasteiger partial charge >= 0.3 is 0 Å². The summed E-state index contributed by atoms with van der Waals surface area (Å²) in [6.45, 7) is 0. The van der Waals surface area contributed by atoms with Gasteiger partial charge in [0, 0.05) is 0 Å². The van der Waals surface area contributed by atoms with Crippen LogP contribution in [0.4, 0.5) is 0 Å². The number of nitrogens with zero attached hydrogens (tertiary/aromatic N) is 3. The maximum atomic E-state index is 6.51. The second-order valence-electron chi connectivity index (χ2n) is 9.89. The van der Waals surface area contributed by atoms with Gasteiger partial charge in [-0.15, -0.1) is 0 Å². The fourth-order valence-corrected chi connectivity index (χ4v) is 5.33. The average Bonchev–Trinajstić information content (AvgIpc) is 3.69. The molecule has 7 rings (SSSR count). The van der Waals surface area contributed by atoms with E-state index in [-0.39, 0.29) is 24.3 Å². The Hall–Kier alpha value is -5.03. The van der Waals surface area contributed by atoms with Crippen LogP contribution >= 0.6 is 0 Å². The molecule has 0 unspecified atom stereocenters. The van der Waals surface area contributed by atoms with Crippen molar-refractivity contribution < 1.29 is 9.47 Å². The van der Waals surface area contributed by atoms with E-state index in [4.69, 9.17) is 24.4 Å². The van der Waals surface area contributed by atoms with Gasteiger partial charge in [-0.25, -0.2) is 15.0 Å². The quantitative estimate of drug-likeness (QED) is 0.231. The predicted octanol–water partition coefficient (Wildman–Crippen LogP) is 7.60. The fourth-order valence-electron chi connectivity index (χ4n) is 5.33. The first-order chi connectivity index (χ1) is 19.8. The maximum Gasteiger partial charge on any atom is 0.236 e. The minimum Gasteiger partial charge on any atom is -0.465 e. The van der Waals surface area contributed by atoms with Crippen LogP contribution in [-0.4, -0.2) is 16.8 Å². The predicted molar refractivity (Wildman–Crippen MR) is 156 cm³/mol. The Kier molecular flexibility index (Phi) is 6.38. The third kappa shape index (κ3) is 4.67. The normalized spacial score (nSPS) is 21.7. The van der Waals surface area contributed by atoms with Gasteiger partial charge in [0.2, 0.25) is 11.8 Å². The number of hydrogen-bond acceptors (Lipinski definition) is 5. The molecule has 0 spiro atoms. The van der Waals surface area contributed by atoms with Gasteiger partial charge in [-0.1, -0.05) is 127 Å². The van der Waals surface area contributed by atoms with Crippen molar-refractivity contribution >= 4 is 11.8 Å². The van der Waals surface area contributed by atoms with E-state index >= 15 is 0 Å². The number of ether oxygens (including phenoxy) is 2. The molecule has 0 saturated heterocycles. The molecular weight excluding hydrogens is 494 g/mol. The van der Waals surface area contributed by atoms with Gasteiger partial charge in [0.05, 0.1) is 0 Å². The minimum atomic E-state index is -0.242. The Bertz CT molecular complexity index is 1530. The zero-order valence-corrected chi connectivity index (χ0v) is 21.7. The summed E-state index contributed by atoms with van der Waals surface area (Å²) in [6.07, 6.45) is -0.483. The molecule has 0 N–H and O–H groups in total. The summed E-state index contributed by atoms with van der Waals surface area (Å²) >= 11 is 0. The summed E-state index contributed by atoms with van der Waals surface area (Å²) in [7, 11) is 0. The van der Waals surface area contributed by atoms with E-state index in [1.807, 2.05) is 91.0 Å². The molecule has 2 aliphatic rings. The summed E-state index contributed by atoms with van der Waals surface area (Å²) in [5, 5.41) is 0. The molecule has 5 nitrogen and oxygen atoms in total. The van der Waals surface area contributed by atoms with Gasteiger partial charge in [0.15, 0.2) is 12.2 Å². The number of rotatable bonds is 6. The van der Waals surface area contributed by atoms with Crippen LogP contribution in [0.25, 0.3) is 0 Å². The van der Waals surface area contributed by atoms with Crippen LogP contribution in [0.3, 0.4) is 0 Å². The lowest BCUT2D eigenvalue weighted by Gasteiger charge is -2.18. The lowest BCUT2D eigenvalue weighted by Crippen LogP contribution is -2.13. The zero-order valence-electron chi connectivity index (χ0n) is 21.7. The highest BCUT2D eigenvalue weighted by Gasteiger charge is 2.36. The van der Waals surface area contributed by atoms with E-state index in [2.05, 4.69) is 48.5 Å². The monoisotopic (exact) mass is 521 g/mol. The molecule has 0 fully saturated rings. The van der Waals surface area contributed by atoms with E-state index < -0.39 is 0 Å². The largest absolute Gasteiger partial charge is 0.465 e. The highest BCUT2D eigenvalue weighted by Crippen LogP contribution is 2.42. The molecular formula is C35H27N3O2. The third-order valence-electron chi connectivity index (χ3n) is 7.29. The van der Waals surface area contributed by atoms with Crippen LogP contribution in [0.1, 0.15) is 57.9 Å². The van der Waals surface area contributed by atoms with Crippen LogP contribution in [-0.2, 0) is 9.47 Å². The molecule has 194 valence electrons. The van der Waals surface area contributed by atoms with Gasteiger partial charge in [-0.05, 0) is 34.4 Å². The summed E-state index contributed by atoms with van der Waals surface area (Å²) in [4.78, 5) is 15.0. The Balaban J connectivity index is 1.23. The smallest absolute Gasteiger partial charge is 0.236 e. The van der Waals surface area contributed by atoms with E-state index in [1.54, 1.807) is 0 Å². The van der Waals surface area contributed by atoms with Crippen LogP contribution in [0, 0.1) is 0 Å². The number of pyridine rings is 1. The van der Waals surface area contributed by atoms with Gasteiger partial charge in [0.1, 0.15) is 23.5 Å². The van der Waals surface area contributed by atoms with Crippen molar-refractivity contribution in [3.63, 3.8) is 0 Å². The number of aliphatic imine (C=N–C) groups is 2. The van der Waals surface area contributed by atoms with Gasteiger partial charge in [-0.3, -0.25) is 0 Å². The van der Waals surface area contributed by atoms with E-state index in [1.165, 1.54) is 0 Å². The Morgan fingerprint density at radius 1 is 0.375 bits per heavy atom. The van der Waals surface area contributed by atoms with E-state index in [0.717, 1.165) is 22.3 Å². The van der Waals surface area contributed by atoms with Crippen molar-refractivity contribution in [3.05, 3.63) is 173 Å². The Morgan fingerprint density at radius 2 is 0.725 bits per heavy atom. The molecule has 0 amide bonds. The fraction of sp³-hybridized carbons (Fsp3) is 0.114. The molecule has 5 heteroatoms. The lowest BCUT2D eigenvalue weighted by atomic mass is 9.97. The average molecular weight is 522 g/mol. The number of aromatic nitrogens is 1. The van der Waals surface area contributed by atoms with Crippen molar-refractivity contribution in [3.8, 4) is 0 Å². The number of hydrogen-bond donors (Lipinski definition) is 0. The zero-order chi connectivity index (χ0) is 26.7. The molecule has 1 aromatic heterocycles. The first-order valence-electron chi connectivity index (χ1n) is 13.5. The molecule has 2 aliphatic heterocycles. The minimum absolute atomic E-state index is 0.172. The topological polar surface area (TPSA) is 56.1 Å². The second kappa shape index (κ2) is 10.6. The van der Waals surface area contributed by atoms with Crippen LogP contribution in [0.15, 0.2) is 150 Å². The summed E-state index contributed by atoms with van der Waals surface area (Å²) in [5.41, 5.74) is 5.66. The Labute approximate surface area is 233 Å². The standard InChI is InChI=1S/C35H27N3O2/c1-5-14-24(15-6-1)30-32(26-18-9-3-10-19-26)39-34(37-30)28-22-13-23-29(36-28)35-38-31(25-16-7-2-8-17-25)33(40-35)27-20-11-4-12-21-27/h1-23,30-33H/t30-,31-,32-,33-/m1/s1. The Morgan fingerprint density at radius 3 is 1.10 bits per heavy atom. The second-order valence-corrected chi connectivity index (χ2v) is 9.89. The molecule has 5 aromatic rings. The molecule has 0 radical (unpaired) electrons. The molecule has 0 aliphatic carbocycles. The molecule has 4 aromatic carbocycles. The molecule has 3 heterocycles. The maximum absolute atomic E-state index is 6.51. The SMILES string of the molecule is c1ccc([C@H]2N=C(c3cccc(C4=N[C@H](c5ccccc5)[C@@H](c5ccccc5)O4)n3)O[C@@H]2c2ccccc2)cc1. The van der Waals surface area contributed by atoms with Crippen molar-refractivity contribution in [2.75, 3.05) is 0 Å². The highest BCUT2D eigenvalue weighted by atomic mass is 16.5. The lowest BCUT2D eigenvalue weighted by molar-refractivity contribution is 0.195. The number of benzene rings is 4. The van der Waals surface area contributed by atoms with Crippen molar-refractivity contribution in [1.82, 2.24) is 4.98 Å². The first kappa shape index (κ1) is 24.0. The van der Waals surface area contributed by atoms with Gasteiger partial charge in [0.25, 0.3) is 0 Å². The summed E-state index contributed by atoms with van der Waals surface area (Å²) < 4.78 is 13.0. The van der Waals surface area contributed by atoms with Crippen molar-refractivity contribution in [2.45, 2.75) is 24.3 Å². The van der Waals surface area contributed by atoms with Crippen molar-refractivity contribution in [1.29, 1.82) is 0 Å². The highest BCUT2D eigenvalue weighted by molar-refractivity contribution is 5.97. The molecule has 0 bridgehead atoms. The van der Waals surface area contributed by atoms with Gasteiger partial charge < -0.3 is 9.47 Å². The van der Waals surface area contributed by atoms with Crippen LogP contribution in [0.2, 0.25) is 0 Å². The van der Waals surface area contributed by atoms with Crippen LogP contribution in [0.5, 0.6) is 0 Å². The first-order valence-corrected chi connectivity index (χ1v) is 13.5. The van der Waals surface area contributed by atoms with Crippen LogP contribution < -0.4 is 0 Å². The molecule has 40 heavy (non-hydrogen) atoms.